The van der Waals surface area contributed by atoms with Crippen molar-refractivity contribution in [2.45, 2.75) is 39.5 Å². The van der Waals surface area contributed by atoms with Gasteiger partial charge in [0.05, 0.1) is 0 Å². The number of hydrogen-bond donors (Lipinski definition) is 3. The molecule has 0 bridgehead atoms. The van der Waals surface area contributed by atoms with Crippen molar-refractivity contribution < 1.29 is 0 Å². The predicted octanol–water partition coefficient (Wildman–Crippen LogP) is 1.36. The van der Waals surface area contributed by atoms with Gasteiger partial charge in [0.1, 0.15) is 0 Å². The normalized spacial score (nSPS) is 10.8. The van der Waals surface area contributed by atoms with E-state index in [0.29, 0.717) is 0 Å². The third-order valence-electron chi connectivity index (χ3n) is 2.32. The van der Waals surface area contributed by atoms with Crippen LogP contribution >= 0.6 is 0 Å². The summed E-state index contributed by atoms with van der Waals surface area (Å²) in [6.07, 6.45) is 5.04. The zero-order chi connectivity index (χ0) is 11.2. The van der Waals surface area contributed by atoms with Crippen LogP contribution in [0.25, 0.3) is 0 Å². The van der Waals surface area contributed by atoms with Crippen molar-refractivity contribution in [2.75, 3.05) is 39.3 Å². The molecule has 0 aliphatic heterocycles. The van der Waals surface area contributed by atoms with Crippen molar-refractivity contribution in [3.8, 4) is 0 Å². The Bertz CT molecular complexity index is 95.0. The third kappa shape index (κ3) is 13.9. The SMILES string of the molecule is CCCCNCCCNCCNCCC. The van der Waals surface area contributed by atoms with Gasteiger partial charge >= 0.3 is 0 Å². The van der Waals surface area contributed by atoms with Crippen LogP contribution in [0.15, 0.2) is 0 Å². The molecule has 0 aromatic carbocycles. The Morgan fingerprint density at radius 2 is 1.07 bits per heavy atom. The Labute approximate surface area is 95.4 Å². The van der Waals surface area contributed by atoms with Gasteiger partial charge in [-0.3, -0.25) is 0 Å². The van der Waals surface area contributed by atoms with Crippen LogP contribution in [0, 0.1) is 0 Å². The van der Waals surface area contributed by atoms with E-state index in [1.807, 2.05) is 0 Å². The molecular weight excluding hydrogens is 186 g/mol. The van der Waals surface area contributed by atoms with Gasteiger partial charge < -0.3 is 16.0 Å². The molecule has 0 heterocycles. The predicted molar refractivity (Wildman–Crippen MR) is 68.4 cm³/mol. The number of hydrogen-bond acceptors (Lipinski definition) is 3. The van der Waals surface area contributed by atoms with Crippen LogP contribution in [-0.4, -0.2) is 39.3 Å². The number of rotatable bonds is 12. The van der Waals surface area contributed by atoms with Crippen LogP contribution in [0.2, 0.25) is 0 Å². The first-order valence-electron chi connectivity index (χ1n) is 6.54. The maximum atomic E-state index is 3.44. The minimum absolute atomic E-state index is 1.09. The van der Waals surface area contributed by atoms with Crippen LogP contribution in [-0.2, 0) is 0 Å². The van der Waals surface area contributed by atoms with Crippen LogP contribution in [0.1, 0.15) is 39.5 Å². The topological polar surface area (TPSA) is 36.1 Å². The fourth-order valence-electron chi connectivity index (χ4n) is 1.37. The van der Waals surface area contributed by atoms with Crippen LogP contribution < -0.4 is 16.0 Å². The lowest BCUT2D eigenvalue weighted by atomic mass is 10.3. The molecule has 92 valence electrons. The largest absolute Gasteiger partial charge is 0.317 e. The second-order valence-corrected chi connectivity index (χ2v) is 3.96. The van der Waals surface area contributed by atoms with E-state index in [4.69, 9.17) is 0 Å². The van der Waals surface area contributed by atoms with Crippen LogP contribution in [0.4, 0.5) is 0 Å². The first-order valence-corrected chi connectivity index (χ1v) is 6.54. The average molecular weight is 215 g/mol. The Kier molecular flexibility index (Phi) is 13.8. The highest BCUT2D eigenvalue weighted by Crippen LogP contribution is 1.82. The molecule has 0 radical (unpaired) electrons. The summed E-state index contributed by atoms with van der Waals surface area (Å²) in [5, 5.41) is 10.3. The van der Waals surface area contributed by atoms with Gasteiger partial charge in [0, 0.05) is 13.1 Å². The lowest BCUT2D eigenvalue weighted by Crippen LogP contribution is -2.29. The first-order chi connectivity index (χ1) is 7.41. The molecule has 0 saturated carbocycles. The van der Waals surface area contributed by atoms with Crippen molar-refractivity contribution in [3.05, 3.63) is 0 Å². The van der Waals surface area contributed by atoms with E-state index >= 15 is 0 Å². The Morgan fingerprint density at radius 1 is 0.533 bits per heavy atom. The highest BCUT2D eigenvalue weighted by Gasteiger charge is 1.89. The van der Waals surface area contributed by atoms with E-state index in [2.05, 4.69) is 29.8 Å². The van der Waals surface area contributed by atoms with Gasteiger partial charge in [0.2, 0.25) is 0 Å². The molecule has 15 heavy (non-hydrogen) atoms. The summed E-state index contributed by atoms with van der Waals surface area (Å²) in [6, 6.07) is 0. The van der Waals surface area contributed by atoms with Crippen molar-refractivity contribution in [1.82, 2.24) is 16.0 Å². The summed E-state index contributed by atoms with van der Waals surface area (Å²) in [5.41, 5.74) is 0. The zero-order valence-corrected chi connectivity index (χ0v) is 10.6. The van der Waals surface area contributed by atoms with E-state index in [1.165, 1.54) is 32.2 Å². The molecule has 0 rings (SSSR count). The van der Waals surface area contributed by atoms with Gasteiger partial charge in [-0.1, -0.05) is 20.3 Å². The molecule has 0 aliphatic rings. The first kappa shape index (κ1) is 14.9. The maximum Gasteiger partial charge on any atom is 0.00767 e. The molecule has 0 saturated heterocycles. The quantitative estimate of drug-likeness (QED) is 0.430. The Balaban J connectivity index is 2.81. The highest BCUT2D eigenvalue weighted by molar-refractivity contribution is 4.54. The fraction of sp³-hybridized carbons (Fsp3) is 1.00. The average Bonchev–Trinajstić information content (AvgIpc) is 2.26. The second kappa shape index (κ2) is 13.9. The monoisotopic (exact) mass is 215 g/mol. The molecule has 3 nitrogen and oxygen atoms in total. The molecule has 3 N–H and O–H groups in total. The molecule has 0 fully saturated rings. The molecule has 0 atom stereocenters. The third-order valence-corrected chi connectivity index (χ3v) is 2.32. The van der Waals surface area contributed by atoms with Gasteiger partial charge in [-0.2, -0.15) is 0 Å². The van der Waals surface area contributed by atoms with Gasteiger partial charge in [0.15, 0.2) is 0 Å². The summed E-state index contributed by atoms with van der Waals surface area (Å²) < 4.78 is 0. The summed E-state index contributed by atoms with van der Waals surface area (Å²) in [7, 11) is 0. The lowest BCUT2D eigenvalue weighted by molar-refractivity contribution is 0.564. The number of unbranched alkanes of at least 4 members (excludes halogenated alkanes) is 1. The van der Waals surface area contributed by atoms with E-state index < -0.39 is 0 Å². The molecule has 0 aromatic heterocycles. The van der Waals surface area contributed by atoms with Crippen molar-refractivity contribution in [1.29, 1.82) is 0 Å². The molecular formula is C12H29N3. The maximum absolute atomic E-state index is 3.44. The van der Waals surface area contributed by atoms with Gasteiger partial charge in [0.25, 0.3) is 0 Å². The number of nitrogens with one attached hydrogen (secondary N) is 3. The summed E-state index contributed by atoms with van der Waals surface area (Å²) in [5.74, 6) is 0. The standard InChI is InChI=1S/C12H29N3/c1-3-5-8-14-9-6-10-15-12-11-13-7-4-2/h13-15H,3-12H2,1-2H3. The lowest BCUT2D eigenvalue weighted by Gasteiger charge is -2.06. The minimum Gasteiger partial charge on any atom is -0.317 e. The smallest absolute Gasteiger partial charge is 0.00767 e. The summed E-state index contributed by atoms with van der Waals surface area (Å²) in [6.45, 7) is 11.2. The summed E-state index contributed by atoms with van der Waals surface area (Å²) >= 11 is 0. The molecule has 0 unspecified atom stereocenters. The van der Waals surface area contributed by atoms with Crippen molar-refractivity contribution in [2.24, 2.45) is 0 Å². The second-order valence-electron chi connectivity index (χ2n) is 3.96. The summed E-state index contributed by atoms with van der Waals surface area (Å²) in [4.78, 5) is 0. The molecule has 0 aliphatic carbocycles. The molecule has 3 heteroatoms. The van der Waals surface area contributed by atoms with Crippen LogP contribution in [0.3, 0.4) is 0 Å². The van der Waals surface area contributed by atoms with Crippen molar-refractivity contribution >= 4 is 0 Å². The van der Waals surface area contributed by atoms with Crippen LogP contribution in [0.5, 0.6) is 0 Å². The van der Waals surface area contributed by atoms with E-state index in [1.54, 1.807) is 0 Å². The Morgan fingerprint density at radius 3 is 1.67 bits per heavy atom. The fourth-order valence-corrected chi connectivity index (χ4v) is 1.37. The van der Waals surface area contributed by atoms with E-state index in [9.17, 15) is 0 Å². The van der Waals surface area contributed by atoms with Gasteiger partial charge in [-0.05, 0) is 45.4 Å². The molecule has 0 spiro atoms. The van der Waals surface area contributed by atoms with E-state index in [0.717, 1.165) is 32.7 Å². The van der Waals surface area contributed by atoms with Gasteiger partial charge in [-0.25, -0.2) is 0 Å². The minimum atomic E-state index is 1.09. The van der Waals surface area contributed by atoms with Gasteiger partial charge in [-0.15, -0.1) is 0 Å². The zero-order valence-electron chi connectivity index (χ0n) is 10.6. The Hall–Kier alpha value is -0.120. The van der Waals surface area contributed by atoms with Crippen molar-refractivity contribution in [3.63, 3.8) is 0 Å². The van der Waals surface area contributed by atoms with E-state index in [-0.39, 0.29) is 0 Å². The molecule has 0 aromatic rings. The molecule has 0 amide bonds. The highest BCUT2D eigenvalue weighted by atomic mass is 14.9.